The smallest absolute Gasteiger partial charge is 0.227 e. The largest absolute Gasteiger partial charge is 0.340 e. The van der Waals surface area contributed by atoms with Gasteiger partial charge in [0.05, 0.1) is 6.42 Å². The molecule has 3 heteroatoms. The zero-order valence-electron chi connectivity index (χ0n) is 10.8. The summed E-state index contributed by atoms with van der Waals surface area (Å²) in [5.41, 5.74) is 1.05. The molecule has 2 nitrogen and oxygen atoms in total. The average molecular weight is 251 g/mol. The van der Waals surface area contributed by atoms with Crippen molar-refractivity contribution in [1.82, 2.24) is 4.90 Å². The van der Waals surface area contributed by atoms with Crippen LogP contribution in [0.3, 0.4) is 0 Å². The third-order valence-corrected chi connectivity index (χ3v) is 3.37. The first kappa shape index (κ1) is 14.1. The molecule has 1 rings (SSSR count). The first-order valence-corrected chi connectivity index (χ1v) is 6.60. The predicted molar refractivity (Wildman–Crippen MR) is 74.5 cm³/mol. The summed E-state index contributed by atoms with van der Waals surface area (Å²) < 4.78 is 0. The first-order chi connectivity index (χ1) is 8.08. The second-order valence-corrected chi connectivity index (χ2v) is 4.80. The molecule has 1 atom stereocenters. The van der Waals surface area contributed by atoms with Crippen molar-refractivity contribution in [2.75, 3.05) is 6.54 Å². The minimum absolute atomic E-state index is 0.203. The van der Waals surface area contributed by atoms with Crippen LogP contribution in [-0.2, 0) is 11.2 Å². The molecule has 1 aromatic rings. The summed E-state index contributed by atoms with van der Waals surface area (Å²) in [7, 11) is 0. The standard InChI is InChI=1S/C14H21NOS/c1-4-11(3)15(5-2)14(16)10-12-6-8-13(17)9-7-12/h6-9,11,17H,4-5,10H2,1-3H3. The molecule has 0 saturated heterocycles. The SMILES string of the molecule is CCC(C)N(CC)C(=O)Cc1ccc(S)cc1. The lowest BCUT2D eigenvalue weighted by molar-refractivity contribution is -0.132. The van der Waals surface area contributed by atoms with E-state index in [1.807, 2.05) is 36.1 Å². The molecule has 1 unspecified atom stereocenters. The molecular formula is C14H21NOS. The highest BCUT2D eigenvalue weighted by atomic mass is 32.1. The van der Waals surface area contributed by atoms with Crippen LogP contribution in [0.5, 0.6) is 0 Å². The highest BCUT2D eigenvalue weighted by molar-refractivity contribution is 7.80. The van der Waals surface area contributed by atoms with E-state index in [-0.39, 0.29) is 5.91 Å². The number of carbonyl (C=O) groups excluding carboxylic acids is 1. The number of hydrogen-bond donors (Lipinski definition) is 1. The number of nitrogens with zero attached hydrogens (tertiary/aromatic N) is 1. The quantitative estimate of drug-likeness (QED) is 0.797. The van der Waals surface area contributed by atoms with Gasteiger partial charge in [-0.25, -0.2) is 0 Å². The van der Waals surface area contributed by atoms with Crippen LogP contribution < -0.4 is 0 Å². The second-order valence-electron chi connectivity index (χ2n) is 4.28. The van der Waals surface area contributed by atoms with Gasteiger partial charge in [-0.3, -0.25) is 4.79 Å². The van der Waals surface area contributed by atoms with Gasteiger partial charge in [0.2, 0.25) is 5.91 Å². The molecule has 0 radical (unpaired) electrons. The van der Waals surface area contributed by atoms with E-state index < -0.39 is 0 Å². The van der Waals surface area contributed by atoms with Crippen molar-refractivity contribution >= 4 is 18.5 Å². The molecule has 0 spiro atoms. The van der Waals surface area contributed by atoms with Crippen LogP contribution in [0, 0.1) is 0 Å². The van der Waals surface area contributed by atoms with Crippen LogP contribution in [-0.4, -0.2) is 23.4 Å². The Balaban J connectivity index is 2.67. The van der Waals surface area contributed by atoms with Crippen molar-refractivity contribution < 1.29 is 4.79 Å². The Hall–Kier alpha value is -0.960. The maximum atomic E-state index is 12.1. The van der Waals surface area contributed by atoms with Crippen LogP contribution in [0.2, 0.25) is 0 Å². The van der Waals surface area contributed by atoms with Crippen molar-refractivity contribution in [2.45, 2.75) is 44.6 Å². The lowest BCUT2D eigenvalue weighted by Crippen LogP contribution is -2.39. The minimum Gasteiger partial charge on any atom is -0.340 e. The molecular weight excluding hydrogens is 230 g/mol. The molecule has 0 aliphatic heterocycles. The molecule has 1 aromatic carbocycles. The predicted octanol–water partition coefficient (Wildman–Crippen LogP) is 3.16. The highest BCUT2D eigenvalue weighted by Gasteiger charge is 2.16. The number of likely N-dealkylation sites (N-methyl/N-ethyl adjacent to an activating group) is 1. The summed E-state index contributed by atoms with van der Waals surface area (Å²) in [4.78, 5) is 15.0. The molecule has 0 heterocycles. The fraction of sp³-hybridized carbons (Fsp3) is 0.500. The maximum absolute atomic E-state index is 12.1. The Morgan fingerprint density at radius 2 is 1.88 bits per heavy atom. The fourth-order valence-electron chi connectivity index (χ4n) is 1.84. The van der Waals surface area contributed by atoms with Crippen LogP contribution >= 0.6 is 12.6 Å². The van der Waals surface area contributed by atoms with Crippen molar-refractivity contribution in [1.29, 1.82) is 0 Å². The lowest BCUT2D eigenvalue weighted by Gasteiger charge is -2.27. The Morgan fingerprint density at radius 1 is 1.29 bits per heavy atom. The van der Waals surface area contributed by atoms with Crippen molar-refractivity contribution in [3.05, 3.63) is 29.8 Å². The van der Waals surface area contributed by atoms with Gasteiger partial charge in [0, 0.05) is 17.5 Å². The maximum Gasteiger partial charge on any atom is 0.227 e. The highest BCUT2D eigenvalue weighted by Crippen LogP contribution is 2.11. The number of rotatable bonds is 5. The Kier molecular flexibility index (Phi) is 5.56. The number of carbonyl (C=O) groups is 1. The van der Waals surface area contributed by atoms with E-state index in [4.69, 9.17) is 0 Å². The van der Waals surface area contributed by atoms with Crippen molar-refractivity contribution in [3.8, 4) is 0 Å². The fourth-order valence-corrected chi connectivity index (χ4v) is 1.99. The van der Waals surface area contributed by atoms with Gasteiger partial charge >= 0.3 is 0 Å². The summed E-state index contributed by atoms with van der Waals surface area (Å²) in [6.45, 7) is 7.01. The Labute approximate surface area is 109 Å². The third kappa shape index (κ3) is 4.08. The Morgan fingerprint density at radius 3 is 2.35 bits per heavy atom. The van der Waals surface area contributed by atoms with Gasteiger partial charge in [0.25, 0.3) is 0 Å². The molecule has 0 aliphatic carbocycles. The topological polar surface area (TPSA) is 20.3 Å². The van der Waals surface area contributed by atoms with Crippen molar-refractivity contribution in [3.63, 3.8) is 0 Å². The number of benzene rings is 1. The van der Waals surface area contributed by atoms with Crippen LogP contribution in [0.1, 0.15) is 32.8 Å². The van der Waals surface area contributed by atoms with Gasteiger partial charge in [0.15, 0.2) is 0 Å². The van der Waals surface area contributed by atoms with Crippen LogP contribution in [0.4, 0.5) is 0 Å². The first-order valence-electron chi connectivity index (χ1n) is 6.15. The van der Waals surface area contributed by atoms with Gasteiger partial charge in [-0.15, -0.1) is 12.6 Å². The van der Waals surface area contributed by atoms with Crippen LogP contribution in [0.15, 0.2) is 29.2 Å². The molecule has 0 fully saturated rings. The number of amides is 1. The van der Waals surface area contributed by atoms with E-state index >= 15 is 0 Å². The summed E-state index contributed by atoms with van der Waals surface area (Å²) >= 11 is 4.23. The zero-order valence-corrected chi connectivity index (χ0v) is 11.7. The Bertz CT molecular complexity index is 361. The minimum atomic E-state index is 0.203. The average Bonchev–Trinajstić information content (AvgIpc) is 2.32. The number of thiol groups is 1. The number of hydrogen-bond acceptors (Lipinski definition) is 2. The molecule has 94 valence electrons. The summed E-state index contributed by atoms with van der Waals surface area (Å²) in [6.07, 6.45) is 1.47. The van der Waals surface area contributed by atoms with Gasteiger partial charge in [-0.1, -0.05) is 19.1 Å². The zero-order chi connectivity index (χ0) is 12.8. The monoisotopic (exact) mass is 251 g/mol. The third-order valence-electron chi connectivity index (χ3n) is 3.08. The van der Waals surface area contributed by atoms with E-state index in [1.165, 1.54) is 0 Å². The van der Waals surface area contributed by atoms with E-state index in [0.717, 1.165) is 23.4 Å². The van der Waals surface area contributed by atoms with Crippen LogP contribution in [0.25, 0.3) is 0 Å². The molecule has 17 heavy (non-hydrogen) atoms. The van der Waals surface area contributed by atoms with E-state index in [9.17, 15) is 4.79 Å². The van der Waals surface area contributed by atoms with Gasteiger partial charge in [0.1, 0.15) is 0 Å². The van der Waals surface area contributed by atoms with E-state index in [1.54, 1.807) is 0 Å². The lowest BCUT2D eigenvalue weighted by atomic mass is 10.1. The molecule has 1 amide bonds. The van der Waals surface area contributed by atoms with Gasteiger partial charge in [-0.2, -0.15) is 0 Å². The van der Waals surface area contributed by atoms with E-state index in [2.05, 4.69) is 26.5 Å². The molecule has 0 N–H and O–H groups in total. The summed E-state index contributed by atoms with van der Waals surface area (Å²) in [6, 6.07) is 8.09. The summed E-state index contributed by atoms with van der Waals surface area (Å²) in [5.74, 6) is 0.203. The normalized spacial score (nSPS) is 12.2. The second kappa shape index (κ2) is 6.70. The van der Waals surface area contributed by atoms with E-state index in [0.29, 0.717) is 12.5 Å². The molecule has 0 aromatic heterocycles. The molecule has 0 saturated carbocycles. The van der Waals surface area contributed by atoms with Gasteiger partial charge in [-0.05, 0) is 38.0 Å². The summed E-state index contributed by atoms with van der Waals surface area (Å²) in [5, 5.41) is 0. The molecule has 0 aliphatic rings. The molecule has 0 bridgehead atoms. The van der Waals surface area contributed by atoms with Crippen molar-refractivity contribution in [2.24, 2.45) is 0 Å². The van der Waals surface area contributed by atoms with Gasteiger partial charge < -0.3 is 4.90 Å².